The molecule has 1 saturated carbocycles. The summed E-state index contributed by atoms with van der Waals surface area (Å²) in [6.07, 6.45) is 8.52. The van der Waals surface area contributed by atoms with Crippen molar-refractivity contribution in [1.82, 2.24) is 19.3 Å². The average molecular weight is 424 g/mol. The molecule has 162 valence electrons. The van der Waals surface area contributed by atoms with Gasteiger partial charge in [-0.3, -0.25) is 0 Å². The van der Waals surface area contributed by atoms with Gasteiger partial charge in [0.15, 0.2) is 0 Å². The highest BCUT2D eigenvalue weighted by Crippen LogP contribution is 2.40. The number of anilines is 2. The SMILES string of the molecule is Cn1ccnc1N1C[C@]2(CC[C@@H](CNc3ccn(-c4ccccc4F)n3)CC2)OC1=O. The maximum Gasteiger partial charge on any atom is 0.417 e. The summed E-state index contributed by atoms with van der Waals surface area (Å²) in [4.78, 5) is 18.3. The largest absolute Gasteiger partial charge is 0.441 e. The molecule has 1 saturated heterocycles. The standard InChI is InChI=1S/C22H25FN6O2/c1-27-13-11-24-20(27)28-15-22(31-21(28)30)9-6-16(7-10-22)14-25-19-8-12-29(26-19)18-5-3-2-4-17(18)23/h2-5,8,11-13,16H,6-7,9-10,14-15H2,1H3,(H,25,26)/t16-,22-. The first-order valence-electron chi connectivity index (χ1n) is 10.6. The molecule has 31 heavy (non-hydrogen) atoms. The third kappa shape index (κ3) is 3.75. The average Bonchev–Trinajstić information content (AvgIpc) is 3.47. The van der Waals surface area contributed by atoms with Crippen molar-refractivity contribution < 1.29 is 13.9 Å². The third-order valence-electron chi connectivity index (χ3n) is 6.28. The summed E-state index contributed by atoms with van der Waals surface area (Å²) in [5, 5.41) is 7.80. The second kappa shape index (κ2) is 7.72. The molecule has 3 aromatic rings. The third-order valence-corrected chi connectivity index (χ3v) is 6.28. The van der Waals surface area contributed by atoms with E-state index in [-0.39, 0.29) is 11.9 Å². The highest BCUT2D eigenvalue weighted by atomic mass is 19.1. The van der Waals surface area contributed by atoms with Crippen LogP contribution in [0.1, 0.15) is 25.7 Å². The number of carbonyl (C=O) groups excluding carboxylic acids is 1. The fourth-order valence-corrected chi connectivity index (χ4v) is 4.50. The van der Waals surface area contributed by atoms with Crippen molar-refractivity contribution in [2.75, 3.05) is 23.3 Å². The van der Waals surface area contributed by atoms with Gasteiger partial charge in [-0.05, 0) is 43.7 Å². The predicted octanol–water partition coefficient (Wildman–Crippen LogP) is 3.74. The van der Waals surface area contributed by atoms with Crippen molar-refractivity contribution in [3.05, 3.63) is 54.7 Å². The number of imidazole rings is 1. The molecular weight excluding hydrogens is 399 g/mol. The molecule has 1 spiro atoms. The zero-order valence-electron chi connectivity index (χ0n) is 17.4. The first kappa shape index (κ1) is 19.6. The number of benzene rings is 1. The first-order chi connectivity index (χ1) is 15.0. The van der Waals surface area contributed by atoms with Crippen LogP contribution in [0.2, 0.25) is 0 Å². The van der Waals surface area contributed by atoms with Gasteiger partial charge in [-0.25, -0.2) is 23.8 Å². The van der Waals surface area contributed by atoms with Crippen LogP contribution in [0.5, 0.6) is 0 Å². The minimum atomic E-state index is -0.425. The topological polar surface area (TPSA) is 77.2 Å². The highest BCUT2D eigenvalue weighted by molar-refractivity contribution is 5.88. The van der Waals surface area contributed by atoms with Crippen LogP contribution in [-0.4, -0.2) is 44.1 Å². The van der Waals surface area contributed by atoms with Gasteiger partial charge in [0.1, 0.15) is 22.9 Å². The van der Waals surface area contributed by atoms with Crippen molar-refractivity contribution in [2.24, 2.45) is 13.0 Å². The molecule has 1 amide bonds. The van der Waals surface area contributed by atoms with Crippen molar-refractivity contribution in [3.63, 3.8) is 0 Å². The first-order valence-corrected chi connectivity index (χ1v) is 10.6. The second-order valence-corrected chi connectivity index (χ2v) is 8.40. The highest BCUT2D eigenvalue weighted by Gasteiger charge is 2.48. The minimum Gasteiger partial charge on any atom is -0.441 e. The smallest absolute Gasteiger partial charge is 0.417 e. The zero-order valence-corrected chi connectivity index (χ0v) is 17.4. The van der Waals surface area contributed by atoms with Gasteiger partial charge >= 0.3 is 6.09 Å². The van der Waals surface area contributed by atoms with E-state index in [0.717, 1.165) is 38.0 Å². The number of carbonyl (C=O) groups is 1. The molecule has 9 heteroatoms. The van der Waals surface area contributed by atoms with Crippen LogP contribution < -0.4 is 10.2 Å². The molecule has 0 bridgehead atoms. The maximum absolute atomic E-state index is 13.9. The molecule has 2 fully saturated rings. The number of amides is 1. The number of hydrogen-bond donors (Lipinski definition) is 1. The lowest BCUT2D eigenvalue weighted by atomic mass is 9.78. The van der Waals surface area contributed by atoms with Crippen molar-refractivity contribution >= 4 is 17.9 Å². The molecule has 1 aliphatic heterocycles. The molecule has 0 radical (unpaired) electrons. The van der Waals surface area contributed by atoms with Gasteiger partial charge < -0.3 is 14.6 Å². The Morgan fingerprint density at radius 3 is 2.77 bits per heavy atom. The van der Waals surface area contributed by atoms with Crippen molar-refractivity contribution in [1.29, 1.82) is 0 Å². The van der Waals surface area contributed by atoms with E-state index in [2.05, 4.69) is 15.4 Å². The quantitative estimate of drug-likeness (QED) is 0.675. The van der Waals surface area contributed by atoms with Gasteiger partial charge in [0.25, 0.3) is 0 Å². The Hall–Kier alpha value is -3.36. The lowest BCUT2D eigenvalue weighted by molar-refractivity contribution is 0.0148. The Kier molecular flexibility index (Phi) is 4.88. The van der Waals surface area contributed by atoms with Crippen LogP contribution in [0, 0.1) is 11.7 Å². The van der Waals surface area contributed by atoms with Crippen LogP contribution >= 0.6 is 0 Å². The van der Waals surface area contributed by atoms with Crippen LogP contribution in [0.3, 0.4) is 0 Å². The molecule has 8 nitrogen and oxygen atoms in total. The maximum atomic E-state index is 13.9. The molecule has 2 aliphatic rings. The summed E-state index contributed by atoms with van der Waals surface area (Å²) >= 11 is 0. The van der Waals surface area contributed by atoms with E-state index in [0.29, 0.717) is 24.1 Å². The van der Waals surface area contributed by atoms with Crippen LogP contribution in [0.25, 0.3) is 5.69 Å². The Morgan fingerprint density at radius 1 is 1.23 bits per heavy atom. The van der Waals surface area contributed by atoms with Crippen LogP contribution in [-0.2, 0) is 11.8 Å². The molecule has 3 heterocycles. The fraction of sp³-hybridized carbons (Fsp3) is 0.409. The molecule has 1 N–H and O–H groups in total. The number of para-hydroxylation sites is 1. The summed E-state index contributed by atoms with van der Waals surface area (Å²) < 4.78 is 23.1. The minimum absolute atomic E-state index is 0.305. The number of halogens is 1. The van der Waals surface area contributed by atoms with E-state index in [1.54, 1.807) is 35.5 Å². The number of aromatic nitrogens is 4. The van der Waals surface area contributed by atoms with Crippen LogP contribution in [0.4, 0.5) is 21.0 Å². The molecule has 0 atom stereocenters. The molecule has 1 aromatic carbocycles. The van der Waals surface area contributed by atoms with Crippen molar-refractivity contribution in [2.45, 2.75) is 31.3 Å². The molecule has 0 unspecified atom stereocenters. The number of rotatable bonds is 5. The fourth-order valence-electron chi connectivity index (χ4n) is 4.50. The molecular formula is C22H25FN6O2. The number of hydrogen-bond acceptors (Lipinski definition) is 5. The van der Waals surface area contributed by atoms with E-state index in [1.807, 2.05) is 23.9 Å². The Bertz CT molecular complexity index is 1090. The van der Waals surface area contributed by atoms with E-state index in [9.17, 15) is 9.18 Å². The Morgan fingerprint density at radius 2 is 2.03 bits per heavy atom. The monoisotopic (exact) mass is 424 g/mol. The summed E-state index contributed by atoms with van der Waals surface area (Å²) in [5.74, 6) is 1.50. The number of aryl methyl sites for hydroxylation is 1. The van der Waals surface area contributed by atoms with E-state index < -0.39 is 5.60 Å². The zero-order chi connectivity index (χ0) is 21.4. The van der Waals surface area contributed by atoms with Crippen LogP contribution in [0.15, 0.2) is 48.9 Å². The summed E-state index contributed by atoms with van der Waals surface area (Å²) in [5.41, 5.74) is 0.00171. The summed E-state index contributed by atoms with van der Waals surface area (Å²) in [7, 11) is 1.87. The molecule has 5 rings (SSSR count). The normalized spacial score (nSPS) is 23.4. The van der Waals surface area contributed by atoms with Gasteiger partial charge in [0, 0.05) is 38.2 Å². The van der Waals surface area contributed by atoms with E-state index in [4.69, 9.17) is 4.74 Å². The Labute approximate surface area is 179 Å². The van der Waals surface area contributed by atoms with Gasteiger partial charge in [-0.1, -0.05) is 12.1 Å². The summed E-state index contributed by atoms with van der Waals surface area (Å²) in [6, 6.07) is 8.42. The van der Waals surface area contributed by atoms with E-state index >= 15 is 0 Å². The number of nitrogens with one attached hydrogen (secondary N) is 1. The van der Waals surface area contributed by atoms with Crippen molar-refractivity contribution in [3.8, 4) is 5.69 Å². The van der Waals surface area contributed by atoms with E-state index in [1.165, 1.54) is 10.7 Å². The Balaban J connectivity index is 1.16. The van der Waals surface area contributed by atoms with Gasteiger partial charge in [0.05, 0.1) is 6.54 Å². The van der Waals surface area contributed by atoms with Gasteiger partial charge in [0.2, 0.25) is 5.95 Å². The predicted molar refractivity (Wildman–Crippen MR) is 114 cm³/mol. The summed E-state index contributed by atoms with van der Waals surface area (Å²) in [6.45, 7) is 1.32. The second-order valence-electron chi connectivity index (χ2n) is 8.40. The lowest BCUT2D eigenvalue weighted by Crippen LogP contribution is -2.40. The van der Waals surface area contributed by atoms with Gasteiger partial charge in [-0.2, -0.15) is 5.10 Å². The van der Waals surface area contributed by atoms with Gasteiger partial charge in [-0.15, -0.1) is 0 Å². The molecule has 2 aromatic heterocycles. The lowest BCUT2D eigenvalue weighted by Gasteiger charge is -2.35. The number of ether oxygens (including phenoxy) is 1. The number of nitrogens with zero attached hydrogens (tertiary/aromatic N) is 5. The molecule has 1 aliphatic carbocycles.